The summed E-state index contributed by atoms with van der Waals surface area (Å²) in [5, 5.41) is 15.6. The molecule has 1 aliphatic heterocycles. The van der Waals surface area contributed by atoms with Crippen LogP contribution in [0.15, 0.2) is 60.7 Å². The van der Waals surface area contributed by atoms with E-state index >= 15 is 0 Å². The van der Waals surface area contributed by atoms with Crippen LogP contribution in [0.3, 0.4) is 0 Å². The van der Waals surface area contributed by atoms with Crippen molar-refractivity contribution >= 4 is 17.2 Å². The molecule has 5 heteroatoms. The van der Waals surface area contributed by atoms with E-state index in [2.05, 4.69) is 22.5 Å². The third kappa shape index (κ3) is 2.71. The van der Waals surface area contributed by atoms with Crippen LogP contribution in [0.4, 0.5) is 0 Å². The third-order valence-electron chi connectivity index (χ3n) is 5.02. The number of aromatic nitrogens is 2. The van der Waals surface area contributed by atoms with Crippen LogP contribution in [0.2, 0.25) is 5.02 Å². The van der Waals surface area contributed by atoms with Crippen molar-refractivity contribution in [2.45, 2.75) is 25.0 Å². The molecule has 4 rings (SSSR count). The van der Waals surface area contributed by atoms with Crippen molar-refractivity contribution in [2.24, 2.45) is 7.05 Å². The summed E-state index contributed by atoms with van der Waals surface area (Å²) in [6, 6.07) is 6.08. The Labute approximate surface area is 152 Å². The highest BCUT2D eigenvalue weighted by Crippen LogP contribution is 2.41. The van der Waals surface area contributed by atoms with E-state index in [0.29, 0.717) is 5.02 Å². The summed E-state index contributed by atoms with van der Waals surface area (Å²) in [6.07, 6.45) is 12.4. The van der Waals surface area contributed by atoms with Gasteiger partial charge in [-0.2, -0.15) is 0 Å². The minimum Gasteiger partial charge on any atom is -0.384 e. The van der Waals surface area contributed by atoms with Gasteiger partial charge in [0.15, 0.2) is 0 Å². The van der Waals surface area contributed by atoms with Crippen LogP contribution in [0.1, 0.15) is 23.7 Å². The molecule has 2 aromatic rings. The number of aryl methyl sites for hydroxylation is 1. The average molecular weight is 354 g/mol. The lowest BCUT2D eigenvalue weighted by Crippen LogP contribution is -2.29. The number of hydrogen-bond acceptors (Lipinski definition) is 3. The lowest BCUT2D eigenvalue weighted by molar-refractivity contribution is 0.114. The topological polar surface area (TPSA) is 50.1 Å². The number of hydrogen-bond donors (Lipinski definition) is 2. The molecule has 1 aromatic heterocycles. The van der Waals surface area contributed by atoms with Gasteiger partial charge in [0, 0.05) is 12.1 Å². The number of imidazole rings is 1. The Morgan fingerprint density at radius 1 is 1.40 bits per heavy atom. The van der Waals surface area contributed by atoms with E-state index in [0.717, 1.165) is 34.4 Å². The Balaban J connectivity index is 1.96. The highest BCUT2D eigenvalue weighted by Gasteiger charge is 2.35. The van der Waals surface area contributed by atoms with Gasteiger partial charge in [0.05, 0.1) is 24.3 Å². The quantitative estimate of drug-likeness (QED) is 0.870. The molecular weight excluding hydrogens is 334 g/mol. The normalized spacial score (nSPS) is 21.2. The zero-order valence-corrected chi connectivity index (χ0v) is 15.0. The molecule has 0 spiro atoms. The molecule has 1 aromatic carbocycles. The van der Waals surface area contributed by atoms with Gasteiger partial charge in [0.2, 0.25) is 0 Å². The number of rotatable bonds is 2. The van der Waals surface area contributed by atoms with Gasteiger partial charge in [-0.05, 0) is 66.1 Å². The van der Waals surface area contributed by atoms with Crippen molar-refractivity contribution in [3.63, 3.8) is 0 Å². The van der Waals surface area contributed by atoms with Crippen molar-refractivity contribution < 1.29 is 5.11 Å². The summed E-state index contributed by atoms with van der Waals surface area (Å²) in [5.41, 5.74) is 3.67. The number of dihydropyridines is 1. The SMILES string of the molecule is Cn1cncc1C(C)(O)C1=CC2=CC=CNC2Cc2ccc(Cl)cc21. The van der Waals surface area contributed by atoms with Crippen molar-refractivity contribution in [1.29, 1.82) is 0 Å². The molecule has 0 radical (unpaired) electrons. The summed E-state index contributed by atoms with van der Waals surface area (Å²) in [6.45, 7) is 1.81. The zero-order valence-electron chi connectivity index (χ0n) is 14.2. The van der Waals surface area contributed by atoms with Crippen LogP contribution in [0, 0.1) is 0 Å². The Morgan fingerprint density at radius 2 is 2.24 bits per heavy atom. The van der Waals surface area contributed by atoms with Crippen LogP contribution in [0.25, 0.3) is 5.57 Å². The van der Waals surface area contributed by atoms with Crippen LogP contribution in [0.5, 0.6) is 0 Å². The first kappa shape index (κ1) is 16.2. The number of nitrogens with zero attached hydrogens (tertiary/aromatic N) is 2. The molecular formula is C20H20ClN3O. The van der Waals surface area contributed by atoms with Crippen LogP contribution in [-0.2, 0) is 19.1 Å². The molecule has 0 saturated heterocycles. The molecule has 2 aliphatic rings. The fraction of sp³-hybridized carbons (Fsp3) is 0.250. The fourth-order valence-electron chi connectivity index (χ4n) is 3.68. The Bertz CT molecular complexity index is 921. The summed E-state index contributed by atoms with van der Waals surface area (Å²) < 4.78 is 1.85. The van der Waals surface area contributed by atoms with E-state index in [1.807, 2.05) is 49.0 Å². The smallest absolute Gasteiger partial charge is 0.129 e. The van der Waals surface area contributed by atoms with E-state index in [9.17, 15) is 5.11 Å². The average Bonchev–Trinajstić information content (AvgIpc) is 2.94. The highest BCUT2D eigenvalue weighted by molar-refractivity contribution is 6.30. The van der Waals surface area contributed by atoms with Crippen molar-refractivity contribution in [1.82, 2.24) is 14.9 Å². The minimum absolute atomic E-state index is 0.185. The van der Waals surface area contributed by atoms with Crippen LogP contribution >= 0.6 is 11.6 Å². The molecule has 0 bridgehead atoms. The van der Waals surface area contributed by atoms with E-state index in [1.54, 1.807) is 12.5 Å². The zero-order chi connectivity index (χ0) is 17.6. The first-order chi connectivity index (χ1) is 12.0. The maximum Gasteiger partial charge on any atom is 0.129 e. The predicted molar refractivity (Wildman–Crippen MR) is 100 cm³/mol. The van der Waals surface area contributed by atoms with Crippen molar-refractivity contribution in [3.8, 4) is 0 Å². The second-order valence-corrected chi connectivity index (χ2v) is 7.21. The Hall–Kier alpha value is -2.30. The van der Waals surface area contributed by atoms with Gasteiger partial charge < -0.3 is 15.0 Å². The van der Waals surface area contributed by atoms with Gasteiger partial charge in [-0.25, -0.2) is 4.98 Å². The lowest BCUT2D eigenvalue weighted by atomic mass is 9.84. The first-order valence-corrected chi connectivity index (χ1v) is 8.67. The number of aliphatic hydroxyl groups is 1. The maximum absolute atomic E-state index is 11.5. The lowest BCUT2D eigenvalue weighted by Gasteiger charge is -2.28. The second-order valence-electron chi connectivity index (χ2n) is 6.77. The van der Waals surface area contributed by atoms with Gasteiger partial charge in [-0.3, -0.25) is 0 Å². The fourth-order valence-corrected chi connectivity index (χ4v) is 3.85. The first-order valence-electron chi connectivity index (χ1n) is 8.30. The van der Waals surface area contributed by atoms with Gasteiger partial charge in [-0.15, -0.1) is 0 Å². The van der Waals surface area contributed by atoms with E-state index in [-0.39, 0.29) is 6.04 Å². The summed E-state index contributed by atoms with van der Waals surface area (Å²) in [7, 11) is 1.89. The van der Waals surface area contributed by atoms with E-state index < -0.39 is 5.60 Å². The molecule has 1 aliphatic carbocycles. The summed E-state index contributed by atoms with van der Waals surface area (Å²) in [4.78, 5) is 4.17. The molecule has 2 atom stereocenters. The monoisotopic (exact) mass is 353 g/mol. The van der Waals surface area contributed by atoms with Gasteiger partial charge in [0.1, 0.15) is 5.60 Å². The predicted octanol–water partition coefficient (Wildman–Crippen LogP) is 3.33. The molecule has 128 valence electrons. The number of fused-ring (bicyclic) bond motifs is 2. The van der Waals surface area contributed by atoms with Crippen LogP contribution in [-0.4, -0.2) is 20.7 Å². The number of benzene rings is 1. The summed E-state index contributed by atoms with van der Waals surface area (Å²) >= 11 is 6.29. The van der Waals surface area contributed by atoms with Crippen molar-refractivity contribution in [3.05, 3.63) is 82.6 Å². The van der Waals surface area contributed by atoms with E-state index in [4.69, 9.17) is 11.6 Å². The minimum atomic E-state index is -1.19. The van der Waals surface area contributed by atoms with Gasteiger partial charge in [-0.1, -0.05) is 23.7 Å². The largest absolute Gasteiger partial charge is 0.384 e. The number of halogens is 1. The Morgan fingerprint density at radius 3 is 3.00 bits per heavy atom. The van der Waals surface area contributed by atoms with E-state index in [1.165, 1.54) is 0 Å². The summed E-state index contributed by atoms with van der Waals surface area (Å²) in [5.74, 6) is 0. The molecule has 2 heterocycles. The van der Waals surface area contributed by atoms with Crippen LogP contribution < -0.4 is 5.32 Å². The molecule has 0 saturated carbocycles. The molecule has 0 fully saturated rings. The third-order valence-corrected chi connectivity index (χ3v) is 5.26. The number of allylic oxidation sites excluding steroid dienone is 2. The molecule has 2 N–H and O–H groups in total. The molecule has 0 amide bonds. The second kappa shape index (κ2) is 5.90. The molecule has 25 heavy (non-hydrogen) atoms. The molecule has 2 unspecified atom stereocenters. The van der Waals surface area contributed by atoms with Crippen molar-refractivity contribution in [2.75, 3.05) is 0 Å². The maximum atomic E-state index is 11.5. The Kier molecular flexibility index (Phi) is 3.82. The highest BCUT2D eigenvalue weighted by atomic mass is 35.5. The molecule has 4 nitrogen and oxygen atoms in total. The van der Waals surface area contributed by atoms with Gasteiger partial charge >= 0.3 is 0 Å². The number of nitrogens with one attached hydrogen (secondary N) is 1. The van der Waals surface area contributed by atoms with Gasteiger partial charge in [0.25, 0.3) is 0 Å². The standard InChI is InChI=1S/C20H20ClN3O/c1-20(25,19-11-22-12-24(19)2)17-8-14-4-3-7-23-18(14)9-13-5-6-15(21)10-16(13)17/h3-8,10-12,18,23,25H,9H2,1-2H3.